The first-order valence-electron chi connectivity index (χ1n) is 14.1. The van der Waals surface area contributed by atoms with Gasteiger partial charge in [0.25, 0.3) is 5.91 Å². The van der Waals surface area contributed by atoms with E-state index < -0.39 is 0 Å². The summed E-state index contributed by atoms with van der Waals surface area (Å²) in [5, 5.41) is 14.3. The molecule has 3 atom stereocenters. The van der Waals surface area contributed by atoms with Crippen molar-refractivity contribution in [3.63, 3.8) is 0 Å². The molecule has 2 aliphatic heterocycles. The number of ketones is 1. The maximum absolute atomic E-state index is 13.4. The minimum Gasteiger partial charge on any atom is -0.506 e. The molecule has 1 unspecified atom stereocenters. The Morgan fingerprint density at radius 3 is 2.38 bits per heavy atom. The van der Waals surface area contributed by atoms with E-state index in [9.17, 15) is 14.7 Å². The number of aromatic nitrogens is 5. The van der Waals surface area contributed by atoms with E-state index >= 15 is 0 Å². The highest BCUT2D eigenvalue weighted by Crippen LogP contribution is 2.45. The Hall–Kier alpha value is -5.12. The lowest BCUT2D eigenvalue weighted by Gasteiger charge is -2.39. The molecule has 7 rings (SSSR count). The average Bonchev–Trinajstić information content (AvgIpc) is 3.55. The molecule has 0 saturated carbocycles. The van der Waals surface area contributed by atoms with Crippen LogP contribution < -0.4 is 5.73 Å². The van der Waals surface area contributed by atoms with E-state index in [1.807, 2.05) is 47.4 Å². The van der Waals surface area contributed by atoms with Gasteiger partial charge in [0.2, 0.25) is 0 Å². The molecule has 2 bridgehead atoms. The lowest BCUT2D eigenvalue weighted by molar-refractivity contribution is 0.0567. The molecule has 1 amide bonds. The first kappa shape index (κ1) is 25.8. The second-order valence-corrected chi connectivity index (χ2v) is 11.1. The Kier molecular flexibility index (Phi) is 6.18. The zero-order chi connectivity index (χ0) is 29.0. The van der Waals surface area contributed by atoms with Gasteiger partial charge in [-0.05, 0) is 44.7 Å². The quantitative estimate of drug-likeness (QED) is 0.290. The maximum atomic E-state index is 13.4. The normalized spacial score (nSPS) is 19.7. The number of nitrogen functional groups attached to an aromatic ring is 1. The molecule has 210 valence electrons. The standard InChI is InChI=1S/C32H29N7O3/c1-18(40)28-29(21-11-23-8-9-24(12-21)38(23)32(42)22-13-25(41)16-34-14-22)37-31-26(17-36-39(31)30(28)33)20-7-10-27(35-15-20)19-5-3-2-4-6-19/h2-7,10,13-17,21,23-24,41H,8-9,11-12,33H2,1H3/t21?,23-,24+. The molecule has 10 heteroatoms. The molecular formula is C32H29N7O3. The van der Waals surface area contributed by atoms with Gasteiger partial charge in [-0.1, -0.05) is 36.4 Å². The van der Waals surface area contributed by atoms with Crippen LogP contribution in [0.1, 0.15) is 64.9 Å². The number of anilines is 1. The van der Waals surface area contributed by atoms with Crippen LogP contribution in [0.2, 0.25) is 0 Å². The van der Waals surface area contributed by atoms with E-state index in [1.165, 1.54) is 29.9 Å². The summed E-state index contributed by atoms with van der Waals surface area (Å²) in [7, 11) is 0. The van der Waals surface area contributed by atoms with Gasteiger partial charge >= 0.3 is 0 Å². The van der Waals surface area contributed by atoms with Gasteiger partial charge in [0.05, 0.1) is 34.9 Å². The van der Waals surface area contributed by atoms with Crippen molar-refractivity contribution in [2.75, 3.05) is 5.73 Å². The van der Waals surface area contributed by atoms with Crippen molar-refractivity contribution in [3.05, 3.63) is 90.1 Å². The number of rotatable bonds is 5. The Morgan fingerprint density at radius 1 is 0.952 bits per heavy atom. The van der Waals surface area contributed by atoms with E-state index in [1.54, 1.807) is 12.4 Å². The summed E-state index contributed by atoms with van der Waals surface area (Å²) < 4.78 is 1.53. The van der Waals surface area contributed by atoms with Gasteiger partial charge in [-0.25, -0.2) is 4.98 Å². The fraction of sp³-hybridized carbons (Fsp3) is 0.250. The summed E-state index contributed by atoms with van der Waals surface area (Å²) in [6.45, 7) is 1.50. The lowest BCUT2D eigenvalue weighted by atomic mass is 9.85. The Bertz CT molecular complexity index is 1820. The number of aromatic hydroxyl groups is 1. The zero-order valence-electron chi connectivity index (χ0n) is 23.0. The van der Waals surface area contributed by atoms with Crippen LogP contribution in [0.5, 0.6) is 5.75 Å². The number of carbonyl (C=O) groups excluding carboxylic acids is 2. The molecular weight excluding hydrogens is 530 g/mol. The molecule has 0 radical (unpaired) electrons. The number of benzene rings is 1. The van der Waals surface area contributed by atoms with Crippen LogP contribution in [0, 0.1) is 0 Å². The van der Waals surface area contributed by atoms with E-state index in [2.05, 4.69) is 15.1 Å². The SMILES string of the molecule is CC(=O)c1c(C2C[C@H]3CC[C@@H](C2)N3C(=O)c2cncc(O)c2)nc2c(-c3ccc(-c4ccccc4)nc3)cnn2c1N. The van der Waals surface area contributed by atoms with Crippen LogP contribution >= 0.6 is 0 Å². The predicted octanol–water partition coefficient (Wildman–Crippen LogP) is 4.89. The van der Waals surface area contributed by atoms with E-state index in [4.69, 9.17) is 10.7 Å². The summed E-state index contributed by atoms with van der Waals surface area (Å²) in [6.07, 6.45) is 9.36. The molecule has 2 saturated heterocycles. The third-order valence-corrected chi connectivity index (χ3v) is 8.53. The van der Waals surface area contributed by atoms with Crippen LogP contribution in [-0.2, 0) is 0 Å². The number of piperidine rings is 1. The topological polar surface area (TPSA) is 140 Å². The average molecular weight is 560 g/mol. The molecule has 3 N–H and O–H groups in total. The second kappa shape index (κ2) is 10.1. The molecule has 2 aliphatic rings. The highest BCUT2D eigenvalue weighted by Gasteiger charge is 2.45. The molecule has 2 fully saturated rings. The van der Waals surface area contributed by atoms with Crippen molar-refractivity contribution in [2.24, 2.45) is 0 Å². The van der Waals surface area contributed by atoms with E-state index in [-0.39, 0.29) is 41.3 Å². The van der Waals surface area contributed by atoms with Crippen LogP contribution in [-0.4, -0.2) is 58.3 Å². The number of hydrogen-bond acceptors (Lipinski definition) is 8. The Labute approximate surface area is 241 Å². The fourth-order valence-electron chi connectivity index (χ4n) is 6.65. The summed E-state index contributed by atoms with van der Waals surface area (Å²) in [6, 6.07) is 15.3. The highest BCUT2D eigenvalue weighted by atomic mass is 16.3. The van der Waals surface area contributed by atoms with Crippen molar-refractivity contribution in [3.8, 4) is 28.1 Å². The number of carbonyl (C=O) groups is 2. The second-order valence-electron chi connectivity index (χ2n) is 11.1. The molecule has 1 aromatic carbocycles. The first-order valence-corrected chi connectivity index (χ1v) is 14.1. The number of hydrogen-bond donors (Lipinski definition) is 2. The van der Waals surface area contributed by atoms with Gasteiger partial charge in [0.15, 0.2) is 11.4 Å². The molecule has 4 aromatic heterocycles. The van der Waals surface area contributed by atoms with E-state index in [0.29, 0.717) is 35.3 Å². The fourth-order valence-corrected chi connectivity index (χ4v) is 6.65. The first-order chi connectivity index (χ1) is 20.4. The molecule has 10 nitrogen and oxygen atoms in total. The molecule has 0 spiro atoms. The van der Waals surface area contributed by atoms with Gasteiger partial charge in [-0.15, -0.1) is 0 Å². The molecule has 0 aliphatic carbocycles. The van der Waals surface area contributed by atoms with E-state index in [0.717, 1.165) is 35.2 Å². The van der Waals surface area contributed by atoms with Crippen molar-refractivity contribution in [1.29, 1.82) is 0 Å². The van der Waals surface area contributed by atoms with Gasteiger partial charge in [0, 0.05) is 47.1 Å². The van der Waals surface area contributed by atoms with Crippen molar-refractivity contribution in [2.45, 2.75) is 50.6 Å². The summed E-state index contributed by atoms with van der Waals surface area (Å²) in [5.74, 6) is -0.132. The molecule has 6 heterocycles. The minimum absolute atomic E-state index is 0.0122. The predicted molar refractivity (Wildman–Crippen MR) is 157 cm³/mol. The maximum Gasteiger partial charge on any atom is 0.256 e. The third kappa shape index (κ3) is 4.27. The Morgan fingerprint density at radius 2 is 1.71 bits per heavy atom. The van der Waals surface area contributed by atoms with Crippen LogP contribution in [0.4, 0.5) is 5.82 Å². The van der Waals surface area contributed by atoms with Crippen molar-refractivity contribution in [1.82, 2.24) is 29.5 Å². The summed E-state index contributed by atoms with van der Waals surface area (Å²) in [4.78, 5) is 42.0. The monoisotopic (exact) mass is 559 g/mol. The van der Waals surface area contributed by atoms with Crippen LogP contribution in [0.3, 0.4) is 0 Å². The minimum atomic E-state index is -0.167. The lowest BCUT2D eigenvalue weighted by Crippen LogP contribution is -2.46. The molecule has 5 aromatic rings. The number of Topliss-reactive ketones (excluding diaryl/α,β-unsaturated/α-hetero) is 1. The number of pyridine rings is 2. The van der Waals surface area contributed by atoms with Crippen molar-refractivity contribution >= 4 is 23.2 Å². The van der Waals surface area contributed by atoms with Crippen LogP contribution in [0.15, 0.2) is 73.3 Å². The Balaban J connectivity index is 1.24. The zero-order valence-corrected chi connectivity index (χ0v) is 23.0. The van der Waals surface area contributed by atoms with Gasteiger partial charge in [-0.3, -0.25) is 19.6 Å². The number of amides is 1. The van der Waals surface area contributed by atoms with Gasteiger partial charge in [0.1, 0.15) is 11.6 Å². The number of nitrogens with zero attached hydrogens (tertiary/aromatic N) is 6. The number of nitrogens with two attached hydrogens (primary N) is 1. The van der Waals surface area contributed by atoms with Crippen LogP contribution in [0.25, 0.3) is 28.0 Å². The summed E-state index contributed by atoms with van der Waals surface area (Å²) >= 11 is 0. The number of fused-ring (bicyclic) bond motifs is 3. The smallest absolute Gasteiger partial charge is 0.256 e. The third-order valence-electron chi connectivity index (χ3n) is 8.53. The largest absolute Gasteiger partial charge is 0.506 e. The van der Waals surface area contributed by atoms with Crippen molar-refractivity contribution < 1.29 is 14.7 Å². The summed E-state index contributed by atoms with van der Waals surface area (Å²) in [5.41, 5.74) is 12.1. The molecule has 42 heavy (non-hydrogen) atoms. The van der Waals surface area contributed by atoms with Gasteiger partial charge in [-0.2, -0.15) is 9.61 Å². The highest BCUT2D eigenvalue weighted by molar-refractivity contribution is 6.00. The van der Waals surface area contributed by atoms with Gasteiger partial charge < -0.3 is 15.7 Å².